The largest absolute Gasteiger partial charge is 0.478 e. The van der Waals surface area contributed by atoms with Crippen LogP contribution in [0.25, 0.3) is 33.5 Å². The number of aromatic carboxylic acids is 1. The lowest BCUT2D eigenvalue weighted by atomic mass is 9.87. The van der Waals surface area contributed by atoms with Crippen LogP contribution in [-0.2, 0) is 24.8 Å². The fourth-order valence-corrected chi connectivity index (χ4v) is 6.09. The standard InChI is InChI=1S/C36H31F3N6O4/c1-36(2)19-48-18-32(36)45-31-10-20(35(46)47)7-8-29(31)42-33(45)11-21-9-27(39)24(12-25(21)37)28-5-4-6-34(43-28)49-17-23-14-40-30(13-26(23)38)22-15-41-44(3)16-22/h4-10,12-16,32H,11,17-19H2,1-3H3,(H,46,47)/t32-/m0/s1. The van der Waals surface area contributed by atoms with E-state index in [1.807, 2.05) is 18.4 Å². The molecule has 1 aliphatic heterocycles. The number of carboxylic acid groups (broad SMARTS) is 1. The Bertz CT molecular complexity index is 2230. The number of ether oxygens (including phenoxy) is 2. The van der Waals surface area contributed by atoms with E-state index < -0.39 is 23.4 Å². The number of halogens is 3. The Morgan fingerprint density at radius 1 is 1.00 bits per heavy atom. The Balaban J connectivity index is 1.14. The second-order valence-electron chi connectivity index (χ2n) is 12.7. The molecule has 5 heterocycles. The highest BCUT2D eigenvalue weighted by Crippen LogP contribution is 2.40. The van der Waals surface area contributed by atoms with E-state index in [9.17, 15) is 14.3 Å². The molecule has 1 fully saturated rings. The topological polar surface area (TPSA) is 117 Å². The Morgan fingerprint density at radius 2 is 1.82 bits per heavy atom. The molecule has 2 aromatic carbocycles. The van der Waals surface area contributed by atoms with Crippen molar-refractivity contribution in [3.63, 3.8) is 0 Å². The summed E-state index contributed by atoms with van der Waals surface area (Å²) in [5.41, 5.74) is 2.31. The van der Waals surface area contributed by atoms with Crippen LogP contribution in [0.4, 0.5) is 13.2 Å². The lowest BCUT2D eigenvalue weighted by Crippen LogP contribution is -2.27. The van der Waals surface area contributed by atoms with Gasteiger partial charge in [0.25, 0.3) is 0 Å². The summed E-state index contributed by atoms with van der Waals surface area (Å²) in [5, 5.41) is 13.7. The molecule has 1 saturated heterocycles. The van der Waals surface area contributed by atoms with Crippen molar-refractivity contribution in [3.8, 4) is 28.4 Å². The predicted molar refractivity (Wildman–Crippen MR) is 173 cm³/mol. The number of pyridine rings is 2. The Hall–Kier alpha value is -5.56. The molecular formula is C36H31F3N6O4. The van der Waals surface area contributed by atoms with Crippen molar-refractivity contribution in [2.45, 2.75) is 32.9 Å². The maximum absolute atomic E-state index is 15.7. The van der Waals surface area contributed by atoms with Crippen molar-refractivity contribution in [2.75, 3.05) is 13.2 Å². The van der Waals surface area contributed by atoms with Gasteiger partial charge >= 0.3 is 5.97 Å². The van der Waals surface area contributed by atoms with E-state index >= 15 is 8.78 Å². The summed E-state index contributed by atoms with van der Waals surface area (Å²) in [4.78, 5) is 25.1. The van der Waals surface area contributed by atoms with Crippen molar-refractivity contribution in [1.82, 2.24) is 29.3 Å². The van der Waals surface area contributed by atoms with Crippen LogP contribution in [0.1, 0.15) is 47.2 Å². The minimum Gasteiger partial charge on any atom is -0.478 e. The van der Waals surface area contributed by atoms with Gasteiger partial charge in [-0.15, -0.1) is 0 Å². The lowest BCUT2D eigenvalue weighted by molar-refractivity contribution is 0.0697. The maximum atomic E-state index is 15.7. The molecule has 250 valence electrons. The summed E-state index contributed by atoms with van der Waals surface area (Å²) in [5.74, 6) is -2.43. The minimum atomic E-state index is -1.08. The van der Waals surface area contributed by atoms with Gasteiger partial charge in [-0.05, 0) is 42.0 Å². The zero-order chi connectivity index (χ0) is 34.4. The van der Waals surface area contributed by atoms with E-state index in [0.717, 1.165) is 12.1 Å². The number of imidazole rings is 1. The van der Waals surface area contributed by atoms with Gasteiger partial charge in [0, 0.05) is 60.1 Å². The predicted octanol–water partition coefficient (Wildman–Crippen LogP) is 6.78. The summed E-state index contributed by atoms with van der Waals surface area (Å²) in [6.45, 7) is 4.73. The number of rotatable bonds is 9. The molecule has 0 radical (unpaired) electrons. The van der Waals surface area contributed by atoms with Gasteiger partial charge in [-0.25, -0.2) is 27.9 Å². The molecule has 0 amide bonds. The SMILES string of the molecule is Cn1cc(-c2cc(F)c(COc3cccc(-c4cc(F)c(Cc5nc6ccc(C(=O)O)cc6n5[C@H]5COCC5(C)C)cc4F)n3)cn2)cn1. The number of carbonyl (C=O) groups is 1. The Labute approximate surface area is 278 Å². The van der Waals surface area contributed by atoms with E-state index in [1.54, 1.807) is 42.3 Å². The average Bonchev–Trinajstić information content (AvgIpc) is 3.76. The average molecular weight is 669 g/mol. The van der Waals surface area contributed by atoms with Crippen molar-refractivity contribution >= 4 is 17.0 Å². The first kappa shape index (κ1) is 32.0. The third kappa shape index (κ3) is 6.24. The van der Waals surface area contributed by atoms with Crippen LogP contribution in [0.2, 0.25) is 0 Å². The number of nitrogens with zero attached hydrogens (tertiary/aromatic N) is 6. The fraction of sp³-hybridized carbons (Fsp3) is 0.250. The number of hydrogen-bond donors (Lipinski definition) is 1. The molecule has 1 N–H and O–H groups in total. The van der Waals surface area contributed by atoms with Crippen LogP contribution in [0, 0.1) is 22.9 Å². The molecule has 10 nitrogen and oxygen atoms in total. The molecule has 1 aliphatic rings. The number of aromatic nitrogens is 6. The van der Waals surface area contributed by atoms with Gasteiger partial charge in [0.2, 0.25) is 5.88 Å². The van der Waals surface area contributed by atoms with E-state index in [4.69, 9.17) is 14.5 Å². The second kappa shape index (κ2) is 12.5. The summed E-state index contributed by atoms with van der Waals surface area (Å²) in [6, 6.07) is 12.6. The third-order valence-corrected chi connectivity index (χ3v) is 8.76. The van der Waals surface area contributed by atoms with Crippen molar-refractivity contribution < 1.29 is 32.5 Å². The molecule has 0 saturated carbocycles. The summed E-state index contributed by atoms with van der Waals surface area (Å²) >= 11 is 0. The van der Waals surface area contributed by atoms with Crippen LogP contribution in [0.5, 0.6) is 5.88 Å². The van der Waals surface area contributed by atoms with Crippen LogP contribution in [0.15, 0.2) is 73.2 Å². The highest BCUT2D eigenvalue weighted by atomic mass is 19.1. The van der Waals surface area contributed by atoms with Gasteiger partial charge in [0.15, 0.2) is 0 Å². The molecule has 7 rings (SSSR count). The molecule has 0 bridgehead atoms. The molecule has 0 unspecified atom stereocenters. The molecule has 0 aliphatic carbocycles. The molecule has 6 aromatic rings. The summed E-state index contributed by atoms with van der Waals surface area (Å²) < 4.78 is 61.2. The minimum absolute atomic E-state index is 0.0531. The quantitative estimate of drug-likeness (QED) is 0.179. The van der Waals surface area contributed by atoms with Crippen LogP contribution < -0.4 is 4.74 Å². The monoisotopic (exact) mass is 668 g/mol. The first-order chi connectivity index (χ1) is 23.5. The molecule has 13 heteroatoms. The van der Waals surface area contributed by atoms with Gasteiger partial charge in [-0.2, -0.15) is 5.10 Å². The number of hydrogen-bond acceptors (Lipinski definition) is 7. The number of benzene rings is 2. The Morgan fingerprint density at radius 3 is 2.53 bits per heavy atom. The highest BCUT2D eigenvalue weighted by molar-refractivity contribution is 5.92. The molecule has 1 atom stereocenters. The molecular weight excluding hydrogens is 637 g/mol. The normalized spacial score (nSPS) is 15.6. The van der Waals surface area contributed by atoms with Crippen molar-refractivity contribution in [2.24, 2.45) is 12.5 Å². The Kier molecular flexibility index (Phi) is 8.15. The number of carboxylic acids is 1. The second-order valence-corrected chi connectivity index (χ2v) is 12.7. The summed E-state index contributed by atoms with van der Waals surface area (Å²) in [7, 11) is 1.75. The third-order valence-electron chi connectivity index (χ3n) is 8.76. The highest BCUT2D eigenvalue weighted by Gasteiger charge is 2.39. The molecule has 0 spiro atoms. The van der Waals surface area contributed by atoms with E-state index in [1.165, 1.54) is 30.5 Å². The van der Waals surface area contributed by atoms with Gasteiger partial charge < -0.3 is 19.1 Å². The maximum Gasteiger partial charge on any atom is 0.335 e. The first-order valence-corrected chi connectivity index (χ1v) is 15.5. The first-order valence-electron chi connectivity index (χ1n) is 15.5. The van der Waals surface area contributed by atoms with Gasteiger partial charge in [-0.3, -0.25) is 9.67 Å². The van der Waals surface area contributed by atoms with Crippen molar-refractivity contribution in [3.05, 3.63) is 113 Å². The van der Waals surface area contributed by atoms with E-state index in [2.05, 4.69) is 15.1 Å². The smallest absolute Gasteiger partial charge is 0.335 e. The molecule has 4 aromatic heterocycles. The number of aryl methyl sites for hydroxylation is 1. The molecule has 49 heavy (non-hydrogen) atoms. The summed E-state index contributed by atoms with van der Waals surface area (Å²) in [6.07, 6.45) is 4.63. The zero-order valence-electron chi connectivity index (χ0n) is 26.8. The van der Waals surface area contributed by atoms with Gasteiger partial charge in [0.05, 0.1) is 53.4 Å². The van der Waals surface area contributed by atoms with E-state index in [-0.39, 0.29) is 58.3 Å². The lowest BCUT2D eigenvalue weighted by Gasteiger charge is -2.28. The zero-order valence-corrected chi connectivity index (χ0v) is 26.8. The van der Waals surface area contributed by atoms with Crippen molar-refractivity contribution in [1.29, 1.82) is 0 Å². The van der Waals surface area contributed by atoms with Crippen LogP contribution >= 0.6 is 0 Å². The van der Waals surface area contributed by atoms with Gasteiger partial charge in [0.1, 0.15) is 29.9 Å². The van der Waals surface area contributed by atoms with E-state index in [0.29, 0.717) is 41.3 Å². The van der Waals surface area contributed by atoms with Crippen LogP contribution in [-0.4, -0.2) is 53.6 Å². The fourth-order valence-electron chi connectivity index (χ4n) is 6.09. The number of fused-ring (bicyclic) bond motifs is 1. The van der Waals surface area contributed by atoms with Gasteiger partial charge in [-0.1, -0.05) is 19.9 Å². The van der Waals surface area contributed by atoms with Crippen LogP contribution in [0.3, 0.4) is 0 Å².